The number of fused-ring (bicyclic) bond motifs is 1. The Hall–Kier alpha value is -2.78. The lowest BCUT2D eigenvalue weighted by Gasteiger charge is -2.27. The molecule has 1 N–H and O–H groups in total. The van der Waals surface area contributed by atoms with E-state index in [1.54, 1.807) is 19.1 Å². The Bertz CT molecular complexity index is 891. The van der Waals surface area contributed by atoms with E-state index in [9.17, 15) is 14.9 Å². The topological polar surface area (TPSA) is 88.4 Å². The summed E-state index contributed by atoms with van der Waals surface area (Å²) < 4.78 is 10.4. The summed E-state index contributed by atoms with van der Waals surface area (Å²) in [5.74, 6) is -0.831. The predicted molar refractivity (Wildman–Crippen MR) is 102 cm³/mol. The molecule has 2 aromatic carbocycles. The summed E-state index contributed by atoms with van der Waals surface area (Å²) >= 11 is 6.15. The Morgan fingerprint density at radius 3 is 2.48 bits per heavy atom. The molecule has 1 amide bonds. The van der Waals surface area contributed by atoms with Crippen LogP contribution in [0.5, 0.6) is 5.75 Å². The number of ether oxygens (including phenoxy) is 2. The number of hydrogen-bond donors (Lipinski definition) is 1. The lowest BCUT2D eigenvalue weighted by molar-refractivity contribution is -0.150. The number of rotatable bonds is 7. The zero-order valence-electron chi connectivity index (χ0n) is 15.4. The second-order valence-electron chi connectivity index (χ2n) is 6.56. The van der Waals surface area contributed by atoms with Crippen LogP contribution in [-0.2, 0) is 14.3 Å². The molecule has 0 saturated carbocycles. The molecule has 2 rings (SSSR count). The summed E-state index contributed by atoms with van der Waals surface area (Å²) in [5, 5.41) is 13.9. The predicted octanol–water partition coefficient (Wildman–Crippen LogP) is 3.47. The van der Waals surface area contributed by atoms with Crippen molar-refractivity contribution in [1.82, 2.24) is 5.32 Å². The maximum absolute atomic E-state index is 11.9. The molecule has 142 valence electrons. The van der Waals surface area contributed by atoms with Gasteiger partial charge in [-0.15, -0.1) is 0 Å². The lowest BCUT2D eigenvalue weighted by atomic mass is 9.90. The first-order chi connectivity index (χ1) is 12.8. The normalized spacial score (nSPS) is 12.9. The molecule has 0 aliphatic carbocycles. The average molecular weight is 389 g/mol. The van der Waals surface area contributed by atoms with Crippen molar-refractivity contribution in [2.45, 2.75) is 26.3 Å². The molecule has 0 bridgehead atoms. The zero-order valence-corrected chi connectivity index (χ0v) is 16.2. The van der Waals surface area contributed by atoms with Gasteiger partial charge in [-0.1, -0.05) is 49.7 Å². The molecule has 0 aliphatic heterocycles. The number of benzene rings is 2. The minimum Gasteiger partial charge on any atom is -0.481 e. The molecule has 0 saturated heterocycles. The van der Waals surface area contributed by atoms with E-state index in [1.165, 1.54) is 0 Å². The highest BCUT2D eigenvalue weighted by atomic mass is 35.5. The van der Waals surface area contributed by atoms with Crippen LogP contribution in [-0.4, -0.2) is 30.6 Å². The van der Waals surface area contributed by atoms with Gasteiger partial charge in [-0.2, -0.15) is 5.26 Å². The van der Waals surface area contributed by atoms with E-state index >= 15 is 0 Å². The van der Waals surface area contributed by atoms with Crippen LogP contribution in [0.1, 0.15) is 20.8 Å². The van der Waals surface area contributed by atoms with Crippen LogP contribution >= 0.6 is 11.6 Å². The van der Waals surface area contributed by atoms with Gasteiger partial charge in [0.15, 0.2) is 13.2 Å². The number of nitriles is 1. The lowest BCUT2D eigenvalue weighted by Crippen LogP contribution is -2.50. The van der Waals surface area contributed by atoms with Crippen molar-refractivity contribution in [3.8, 4) is 11.8 Å². The molecule has 6 nitrogen and oxygen atoms in total. The van der Waals surface area contributed by atoms with E-state index in [4.69, 9.17) is 21.1 Å². The number of hydrogen-bond acceptors (Lipinski definition) is 5. The summed E-state index contributed by atoms with van der Waals surface area (Å²) in [4.78, 5) is 23.8. The highest BCUT2D eigenvalue weighted by Gasteiger charge is 2.30. The van der Waals surface area contributed by atoms with Gasteiger partial charge in [0, 0.05) is 15.8 Å². The highest BCUT2D eigenvalue weighted by Crippen LogP contribution is 2.31. The third-order valence-corrected chi connectivity index (χ3v) is 4.66. The van der Waals surface area contributed by atoms with Crippen LogP contribution < -0.4 is 10.1 Å². The van der Waals surface area contributed by atoms with Gasteiger partial charge in [0.25, 0.3) is 5.91 Å². The van der Waals surface area contributed by atoms with E-state index in [-0.39, 0.29) is 12.5 Å². The standard InChI is InChI=1S/C20H21ClN2O4/c1-13(2)20(3,12-22)23-18(24)10-27-19(25)11-26-17-9-8-16(21)14-6-4-5-7-15(14)17/h4-9,13H,10-11H2,1-3H3,(H,23,24)/t20-/m1/s1. The molecule has 1 atom stereocenters. The monoisotopic (exact) mass is 388 g/mol. The van der Waals surface area contributed by atoms with Gasteiger partial charge < -0.3 is 14.8 Å². The maximum Gasteiger partial charge on any atom is 0.344 e. The molecular formula is C20H21ClN2O4. The fraction of sp³-hybridized carbons (Fsp3) is 0.350. The van der Waals surface area contributed by atoms with Crippen LogP contribution in [0.2, 0.25) is 5.02 Å². The number of carbonyl (C=O) groups excluding carboxylic acids is 2. The molecule has 7 heteroatoms. The summed E-state index contributed by atoms with van der Waals surface area (Å²) in [7, 11) is 0. The van der Waals surface area contributed by atoms with Crippen molar-refractivity contribution < 1.29 is 19.1 Å². The molecule has 0 heterocycles. The molecule has 0 spiro atoms. The summed E-state index contributed by atoms with van der Waals surface area (Å²) in [6.07, 6.45) is 0. The van der Waals surface area contributed by atoms with Gasteiger partial charge in [-0.25, -0.2) is 4.79 Å². The van der Waals surface area contributed by atoms with Crippen molar-refractivity contribution in [2.75, 3.05) is 13.2 Å². The van der Waals surface area contributed by atoms with Crippen LogP contribution in [0, 0.1) is 17.2 Å². The molecule has 0 aromatic heterocycles. The van der Waals surface area contributed by atoms with Crippen molar-refractivity contribution in [3.05, 3.63) is 41.4 Å². The van der Waals surface area contributed by atoms with Crippen LogP contribution in [0.3, 0.4) is 0 Å². The fourth-order valence-electron chi connectivity index (χ4n) is 2.31. The van der Waals surface area contributed by atoms with Gasteiger partial charge >= 0.3 is 5.97 Å². The SMILES string of the molecule is CC(C)[C@@](C)(C#N)NC(=O)COC(=O)COc1ccc(Cl)c2ccccc12. The van der Waals surface area contributed by atoms with Crippen molar-refractivity contribution in [1.29, 1.82) is 5.26 Å². The highest BCUT2D eigenvalue weighted by molar-refractivity contribution is 6.35. The molecule has 0 unspecified atom stereocenters. The Morgan fingerprint density at radius 2 is 1.85 bits per heavy atom. The van der Waals surface area contributed by atoms with E-state index in [1.807, 2.05) is 38.1 Å². The minimum atomic E-state index is -1.03. The Balaban J connectivity index is 1.90. The first kappa shape index (κ1) is 20.5. The van der Waals surface area contributed by atoms with Crippen molar-refractivity contribution >= 4 is 34.2 Å². The Labute approximate surface area is 163 Å². The number of nitrogens with one attached hydrogen (secondary N) is 1. The van der Waals surface area contributed by atoms with E-state index in [0.717, 1.165) is 10.8 Å². The Kier molecular flexibility index (Phi) is 6.65. The average Bonchev–Trinajstić information content (AvgIpc) is 2.65. The quantitative estimate of drug-likeness (QED) is 0.733. The number of amides is 1. The first-order valence-electron chi connectivity index (χ1n) is 8.44. The van der Waals surface area contributed by atoms with E-state index in [0.29, 0.717) is 10.8 Å². The Morgan fingerprint density at radius 1 is 1.19 bits per heavy atom. The molecule has 0 radical (unpaired) electrons. The van der Waals surface area contributed by atoms with Crippen molar-refractivity contribution in [3.63, 3.8) is 0 Å². The van der Waals surface area contributed by atoms with E-state index in [2.05, 4.69) is 11.4 Å². The second-order valence-corrected chi connectivity index (χ2v) is 6.96. The van der Waals surface area contributed by atoms with Gasteiger partial charge in [0.1, 0.15) is 11.3 Å². The van der Waals surface area contributed by atoms with Gasteiger partial charge in [-0.3, -0.25) is 4.79 Å². The number of halogens is 1. The van der Waals surface area contributed by atoms with Crippen molar-refractivity contribution in [2.24, 2.45) is 5.92 Å². The fourth-order valence-corrected chi connectivity index (χ4v) is 2.54. The second kappa shape index (κ2) is 8.74. The molecule has 0 aliphatic rings. The molecule has 27 heavy (non-hydrogen) atoms. The zero-order chi connectivity index (χ0) is 20.0. The summed E-state index contributed by atoms with van der Waals surface area (Å²) in [5.41, 5.74) is -1.03. The van der Waals surface area contributed by atoms with Crippen LogP contribution in [0.25, 0.3) is 10.8 Å². The van der Waals surface area contributed by atoms with Crippen LogP contribution in [0.15, 0.2) is 36.4 Å². The number of nitrogens with zero attached hydrogens (tertiary/aromatic N) is 1. The number of carbonyl (C=O) groups is 2. The third kappa shape index (κ3) is 5.11. The minimum absolute atomic E-state index is 0.0938. The smallest absolute Gasteiger partial charge is 0.344 e. The molecule has 2 aromatic rings. The maximum atomic E-state index is 11.9. The summed E-state index contributed by atoms with van der Waals surface area (Å²) in [6, 6.07) is 12.8. The summed E-state index contributed by atoms with van der Waals surface area (Å²) in [6.45, 7) is 4.43. The van der Waals surface area contributed by atoms with Crippen LogP contribution in [0.4, 0.5) is 0 Å². The van der Waals surface area contributed by atoms with Gasteiger partial charge in [-0.05, 0) is 25.0 Å². The first-order valence-corrected chi connectivity index (χ1v) is 8.82. The largest absolute Gasteiger partial charge is 0.481 e. The molecular weight excluding hydrogens is 368 g/mol. The van der Waals surface area contributed by atoms with Gasteiger partial charge in [0.2, 0.25) is 0 Å². The third-order valence-electron chi connectivity index (χ3n) is 4.33. The van der Waals surface area contributed by atoms with E-state index < -0.39 is 24.0 Å². The number of esters is 1. The van der Waals surface area contributed by atoms with Gasteiger partial charge in [0.05, 0.1) is 6.07 Å². The molecule has 0 fully saturated rings.